The molecule has 32 heavy (non-hydrogen) atoms. The molecule has 3 aromatic rings. The van der Waals surface area contributed by atoms with Crippen molar-refractivity contribution in [2.45, 2.75) is 35.9 Å². The van der Waals surface area contributed by atoms with Crippen LogP contribution in [0.5, 0.6) is 0 Å². The lowest BCUT2D eigenvalue weighted by atomic mass is 10.1. The van der Waals surface area contributed by atoms with Crippen molar-refractivity contribution in [3.05, 3.63) is 47.0 Å². The van der Waals surface area contributed by atoms with E-state index in [1.807, 2.05) is 0 Å². The number of para-hydroxylation sites is 1. The van der Waals surface area contributed by atoms with Crippen LogP contribution in [0, 0.1) is 10.1 Å². The highest BCUT2D eigenvalue weighted by molar-refractivity contribution is 7.89. The van der Waals surface area contributed by atoms with Crippen LogP contribution in [-0.4, -0.2) is 67.9 Å². The molecule has 15 heteroatoms. The molecule has 0 saturated carbocycles. The van der Waals surface area contributed by atoms with Gasteiger partial charge in [-0.05, 0) is 12.5 Å². The number of nitro groups is 1. The summed E-state index contributed by atoms with van der Waals surface area (Å²) in [7, 11) is -4.19. The van der Waals surface area contributed by atoms with Crippen LogP contribution in [0.1, 0.15) is 12.6 Å². The van der Waals surface area contributed by atoms with Crippen molar-refractivity contribution >= 4 is 32.7 Å². The minimum Gasteiger partial charge on any atom is -0.388 e. The smallest absolute Gasteiger partial charge is 0.289 e. The third-order valence-corrected chi connectivity index (χ3v) is 6.58. The molecule has 0 radical (unpaired) electrons. The first-order valence-electron chi connectivity index (χ1n) is 9.38. The molecule has 1 aliphatic heterocycles. The first kappa shape index (κ1) is 22.0. The first-order chi connectivity index (χ1) is 15.2. The number of imidazole rings is 1. The van der Waals surface area contributed by atoms with Crippen LogP contribution in [0.2, 0.25) is 0 Å². The molecular weight excluding hydrogens is 446 g/mol. The van der Waals surface area contributed by atoms with Gasteiger partial charge in [-0.15, -0.1) is 0 Å². The van der Waals surface area contributed by atoms with Crippen LogP contribution in [-0.2, 0) is 14.8 Å². The number of rotatable bonds is 7. The predicted octanol–water partition coefficient (Wildman–Crippen LogP) is -0.696. The summed E-state index contributed by atoms with van der Waals surface area (Å²) in [6.45, 7) is -0.199. The summed E-state index contributed by atoms with van der Waals surface area (Å²) in [5, 5.41) is 31.9. The Morgan fingerprint density at radius 3 is 2.72 bits per heavy atom. The van der Waals surface area contributed by atoms with Crippen LogP contribution in [0.25, 0.3) is 11.2 Å². The Hall–Kier alpha value is -3.24. The fraction of sp³-hybridized carbons (Fsp3) is 0.353. The van der Waals surface area contributed by atoms with Gasteiger partial charge in [-0.1, -0.05) is 12.1 Å². The van der Waals surface area contributed by atoms with Crippen molar-refractivity contribution in [1.29, 1.82) is 0 Å². The Bertz CT molecular complexity index is 1270. The SMILES string of the molecule is Nc1ncnc2c1ncn2[C@@H]1O[C@H](CCNS(=O)(=O)c2ccccc2[N+](=O)[O-])[C@@H](O)[C@H]1O. The van der Waals surface area contributed by atoms with Gasteiger partial charge in [-0.25, -0.2) is 28.1 Å². The number of benzene rings is 1. The second kappa shape index (κ2) is 8.36. The highest BCUT2D eigenvalue weighted by Gasteiger charge is 2.44. The molecule has 2 aromatic heterocycles. The van der Waals surface area contributed by atoms with Crippen LogP contribution in [0.3, 0.4) is 0 Å². The summed E-state index contributed by atoms with van der Waals surface area (Å²) in [6, 6.07) is 4.95. The lowest BCUT2D eigenvalue weighted by Crippen LogP contribution is -2.34. The number of nitrogens with two attached hydrogens (primary N) is 1. The van der Waals surface area contributed by atoms with Gasteiger partial charge in [0, 0.05) is 12.6 Å². The van der Waals surface area contributed by atoms with E-state index in [4.69, 9.17) is 10.5 Å². The zero-order valence-corrected chi connectivity index (χ0v) is 17.2. The third-order valence-electron chi connectivity index (χ3n) is 5.07. The van der Waals surface area contributed by atoms with Crippen molar-refractivity contribution in [3.8, 4) is 0 Å². The van der Waals surface area contributed by atoms with E-state index in [1.54, 1.807) is 0 Å². The minimum atomic E-state index is -4.19. The van der Waals surface area contributed by atoms with Gasteiger partial charge < -0.3 is 20.7 Å². The number of nitro benzene ring substituents is 1. The van der Waals surface area contributed by atoms with Crippen LogP contribution in [0.15, 0.2) is 41.8 Å². The topological polar surface area (TPSA) is 209 Å². The van der Waals surface area contributed by atoms with E-state index in [9.17, 15) is 28.7 Å². The third kappa shape index (κ3) is 3.87. The quantitative estimate of drug-likeness (QED) is 0.253. The van der Waals surface area contributed by atoms with E-state index in [-0.39, 0.29) is 18.8 Å². The molecule has 170 valence electrons. The van der Waals surface area contributed by atoms with E-state index in [0.29, 0.717) is 11.2 Å². The van der Waals surface area contributed by atoms with Crippen molar-refractivity contribution < 1.29 is 28.3 Å². The second-order valence-corrected chi connectivity index (χ2v) is 8.78. The fourth-order valence-electron chi connectivity index (χ4n) is 3.50. The maximum absolute atomic E-state index is 12.5. The zero-order chi connectivity index (χ0) is 23.0. The fourth-order valence-corrected chi connectivity index (χ4v) is 4.72. The van der Waals surface area contributed by atoms with Gasteiger partial charge in [0.05, 0.1) is 17.4 Å². The summed E-state index contributed by atoms with van der Waals surface area (Å²) in [6.07, 6.45) is -2.09. The number of nitrogen functional groups attached to an aromatic ring is 1. The number of hydrogen-bond donors (Lipinski definition) is 4. The molecular formula is C17H19N7O7S. The summed E-state index contributed by atoms with van der Waals surface area (Å²) >= 11 is 0. The van der Waals surface area contributed by atoms with Gasteiger partial charge in [0.25, 0.3) is 5.69 Å². The molecule has 4 atom stereocenters. The molecule has 1 saturated heterocycles. The molecule has 1 aliphatic rings. The Balaban J connectivity index is 1.46. The molecule has 3 heterocycles. The molecule has 4 rings (SSSR count). The highest BCUT2D eigenvalue weighted by atomic mass is 32.2. The van der Waals surface area contributed by atoms with Gasteiger partial charge in [-0.2, -0.15) is 0 Å². The molecule has 0 unspecified atom stereocenters. The molecule has 1 aromatic carbocycles. The van der Waals surface area contributed by atoms with Crippen LogP contribution in [0.4, 0.5) is 11.5 Å². The number of hydrogen-bond acceptors (Lipinski definition) is 11. The lowest BCUT2D eigenvalue weighted by Gasteiger charge is -2.16. The number of aromatic nitrogens is 4. The lowest BCUT2D eigenvalue weighted by molar-refractivity contribution is -0.387. The first-order valence-corrected chi connectivity index (χ1v) is 10.9. The average Bonchev–Trinajstić information content (AvgIpc) is 3.31. The van der Waals surface area contributed by atoms with E-state index in [2.05, 4.69) is 19.7 Å². The van der Waals surface area contributed by atoms with Crippen molar-refractivity contribution in [2.75, 3.05) is 12.3 Å². The molecule has 14 nitrogen and oxygen atoms in total. The van der Waals surface area contributed by atoms with Crippen LogP contribution < -0.4 is 10.5 Å². The molecule has 0 spiro atoms. The van der Waals surface area contributed by atoms with Gasteiger partial charge in [0.2, 0.25) is 10.0 Å². The summed E-state index contributed by atoms with van der Waals surface area (Å²) in [5.41, 5.74) is 5.80. The molecule has 0 amide bonds. The van der Waals surface area contributed by atoms with Gasteiger partial charge >= 0.3 is 0 Å². The minimum absolute atomic E-state index is 0.0155. The van der Waals surface area contributed by atoms with Crippen molar-refractivity contribution in [2.24, 2.45) is 0 Å². The maximum Gasteiger partial charge on any atom is 0.289 e. The maximum atomic E-state index is 12.5. The second-order valence-electron chi connectivity index (χ2n) is 7.04. The van der Waals surface area contributed by atoms with E-state index >= 15 is 0 Å². The number of aliphatic hydroxyl groups excluding tert-OH is 2. The number of nitrogens with zero attached hydrogens (tertiary/aromatic N) is 5. The Morgan fingerprint density at radius 1 is 1.22 bits per heavy atom. The molecule has 5 N–H and O–H groups in total. The van der Waals surface area contributed by atoms with Gasteiger partial charge in [-0.3, -0.25) is 14.7 Å². The summed E-state index contributed by atoms with van der Waals surface area (Å²) in [5.74, 6) is 0.141. The standard InChI is InChI=1S/C17H19N7O7S/c18-15-12-16(20-7-19-15)23(8-21-12)17-14(26)13(25)10(31-17)5-6-22-32(29,30)11-4-2-1-3-9(11)24(27)28/h1-4,7-8,10,13-14,17,22,25-26H,5-6H2,(H2,18,19,20)/t10-,13-,14-,17-/m1/s1. The molecule has 1 fully saturated rings. The summed E-state index contributed by atoms with van der Waals surface area (Å²) in [4.78, 5) is 21.8. The number of aliphatic hydroxyl groups is 2. The molecule has 0 bridgehead atoms. The number of fused-ring (bicyclic) bond motifs is 1. The zero-order valence-electron chi connectivity index (χ0n) is 16.3. The van der Waals surface area contributed by atoms with Crippen molar-refractivity contribution in [1.82, 2.24) is 24.2 Å². The monoisotopic (exact) mass is 465 g/mol. The van der Waals surface area contributed by atoms with Gasteiger partial charge in [0.15, 0.2) is 22.6 Å². The largest absolute Gasteiger partial charge is 0.388 e. The van der Waals surface area contributed by atoms with E-state index < -0.39 is 50.1 Å². The van der Waals surface area contributed by atoms with E-state index in [0.717, 1.165) is 12.1 Å². The highest BCUT2D eigenvalue weighted by Crippen LogP contribution is 2.33. The van der Waals surface area contributed by atoms with Crippen LogP contribution >= 0.6 is 0 Å². The van der Waals surface area contributed by atoms with E-state index in [1.165, 1.54) is 29.4 Å². The Kier molecular flexibility index (Phi) is 5.74. The normalized spacial score (nSPS) is 23.6. The average molecular weight is 465 g/mol. The van der Waals surface area contributed by atoms with Crippen molar-refractivity contribution in [3.63, 3.8) is 0 Å². The Morgan fingerprint density at radius 2 is 1.97 bits per heavy atom. The number of nitrogens with one attached hydrogen (secondary N) is 1. The Labute approximate surface area is 180 Å². The predicted molar refractivity (Wildman–Crippen MR) is 109 cm³/mol. The summed E-state index contributed by atoms with van der Waals surface area (Å²) < 4.78 is 34.4. The molecule has 0 aliphatic carbocycles. The number of anilines is 1. The van der Waals surface area contributed by atoms with Gasteiger partial charge in [0.1, 0.15) is 24.1 Å². The number of ether oxygens (including phenoxy) is 1. The number of sulfonamides is 1.